The van der Waals surface area contributed by atoms with Gasteiger partial charge >= 0.3 is 55.8 Å². The van der Waals surface area contributed by atoms with Gasteiger partial charge in [0.1, 0.15) is 39.0 Å². The van der Waals surface area contributed by atoms with Crippen LogP contribution < -0.4 is 40.9 Å². The van der Waals surface area contributed by atoms with Gasteiger partial charge < -0.3 is 13.1 Å². The second-order valence-corrected chi connectivity index (χ2v) is 29.2. The molecule has 7 aromatic carbocycles. The van der Waals surface area contributed by atoms with E-state index in [9.17, 15) is 48.9 Å². The van der Waals surface area contributed by atoms with E-state index in [1.54, 1.807) is 102 Å². The summed E-state index contributed by atoms with van der Waals surface area (Å²) < 4.78 is 219. The molecule has 0 saturated heterocycles. The minimum absolute atomic E-state index is 0.0226. The lowest BCUT2D eigenvalue weighted by molar-refractivity contribution is -0.245. The van der Waals surface area contributed by atoms with Crippen LogP contribution in [0.1, 0.15) is 53.7 Å². The zero-order valence-electron chi connectivity index (χ0n) is 48.2. The van der Waals surface area contributed by atoms with Crippen molar-refractivity contribution in [2.75, 3.05) is 0 Å². The van der Waals surface area contributed by atoms with E-state index in [1.165, 1.54) is 28.7 Å². The SMILES string of the molecule is N#C/C(c1nc2ccccc2s1)=c1\c2c(C3CCCCC3)n(B(c3ccccc3)c3ccccc3)/c(=C(/C#N)c3nc4ccccc4s3)c2c(-c2cccc(OS(=O)(=O)C(F)(F)C(F)(F)C(F)(F)S(=O)(=O)NS(=O)(=O)C(F)(F)F)c2)n1B(c1ccccc1)c1ccccc1. The number of para-hydroxylation sites is 2. The largest absolute Gasteiger partial charge is 0.512 e. The average molecular weight is 1380 g/mol. The molecule has 4 aromatic heterocycles. The Morgan fingerprint density at radius 2 is 0.947 bits per heavy atom. The number of fused-ring (bicyclic) bond motifs is 3. The number of hydrogen-bond acceptors (Lipinski definition) is 13. The zero-order valence-corrected chi connectivity index (χ0v) is 52.3. The molecule has 1 aliphatic carbocycles. The summed E-state index contributed by atoms with van der Waals surface area (Å²) in [5.41, 5.74) is -3.01. The molecule has 0 radical (unpaired) electrons. The van der Waals surface area contributed by atoms with Crippen molar-refractivity contribution in [3.8, 4) is 29.1 Å². The van der Waals surface area contributed by atoms with Crippen LogP contribution in [0.4, 0.5) is 39.5 Å². The van der Waals surface area contributed by atoms with Crippen LogP contribution in [0.5, 0.6) is 5.75 Å². The summed E-state index contributed by atoms with van der Waals surface area (Å²) >= 11 is 2.36. The number of halogens is 9. The van der Waals surface area contributed by atoms with E-state index in [0.29, 0.717) is 85.1 Å². The van der Waals surface area contributed by atoms with Crippen molar-refractivity contribution in [3.05, 3.63) is 221 Å². The fourth-order valence-corrected chi connectivity index (χ4v) is 17.3. The number of thiazole rings is 2. The highest BCUT2D eigenvalue weighted by Gasteiger charge is 2.83. The predicted molar refractivity (Wildman–Crippen MR) is 344 cm³/mol. The van der Waals surface area contributed by atoms with Gasteiger partial charge in [0.05, 0.1) is 31.1 Å². The number of hydrogen-bond donors (Lipinski definition) is 1. The first kappa shape index (κ1) is 65.0. The monoisotopic (exact) mass is 1380 g/mol. The van der Waals surface area contributed by atoms with Crippen LogP contribution in [0.2, 0.25) is 0 Å². The van der Waals surface area contributed by atoms with Gasteiger partial charge in [-0.25, -0.2) is 26.8 Å². The maximum atomic E-state index is 16.2. The molecule has 0 unspecified atom stereocenters. The summed E-state index contributed by atoms with van der Waals surface area (Å²) in [6.45, 7) is -1.95. The Hall–Kier alpha value is -9.03. The summed E-state index contributed by atoms with van der Waals surface area (Å²) in [4.78, 5) is 10.1. The highest BCUT2D eigenvalue weighted by atomic mass is 32.3. The first-order chi connectivity index (χ1) is 44.7. The Balaban J connectivity index is 1.29. The summed E-state index contributed by atoms with van der Waals surface area (Å²) in [6, 6.07) is 59.3. The lowest BCUT2D eigenvalue weighted by Gasteiger charge is -2.31. The van der Waals surface area contributed by atoms with E-state index >= 15 is 26.3 Å². The zero-order chi connectivity index (χ0) is 66.8. The van der Waals surface area contributed by atoms with E-state index in [0.717, 1.165) is 18.6 Å². The first-order valence-electron chi connectivity index (χ1n) is 28.5. The number of rotatable bonds is 18. The number of nitrogens with zero attached hydrogens (tertiary/aromatic N) is 6. The van der Waals surface area contributed by atoms with Gasteiger partial charge in [0.15, 0.2) is 0 Å². The molecular formula is C64H44B2F9N7O7S5. The number of benzene rings is 7. The normalized spacial score (nSPS) is 14.6. The lowest BCUT2D eigenvalue weighted by atomic mass is 9.49. The number of alkyl halides is 9. The molecule has 0 atom stereocenters. The molecule has 0 aliphatic heterocycles. The van der Waals surface area contributed by atoms with Crippen LogP contribution in [-0.2, 0) is 30.2 Å². The number of nitrogens with one attached hydrogen (secondary N) is 1. The third kappa shape index (κ3) is 11.2. The standard InChI is InChI=1S/C64H44B2F9N7O7S5/c67-61(68,62(69,70)92(83,84)80-93(85,86)64(73,74)75)63(71,72)94(87,88)89-46-32-20-23-41(37-46)56-54-53(57(47(38-76)59-78-49-33-16-18-35-51(49)90-59)82(56)66(44-28-12-4-13-29-44)45-30-14-5-15-31-45)55(40-21-6-1-7-22-40)81(65(42-24-8-2-9-25-42)43-26-10-3-11-27-43)58(54)48(39-77)60-79-50-34-17-19-36-52(50)91-60/h2-5,8-20,23-37,40,80H,1,6-7,21-22H2/b57-47-,58-48-. The summed E-state index contributed by atoms with van der Waals surface area (Å²) in [7, 11) is -23.4. The van der Waals surface area contributed by atoms with Gasteiger partial charge in [-0.1, -0.05) is 203 Å². The highest BCUT2D eigenvalue weighted by molar-refractivity contribution is 8.05. The number of aromatic nitrogens is 4. The van der Waals surface area contributed by atoms with Gasteiger partial charge in [-0.3, -0.25) is 0 Å². The van der Waals surface area contributed by atoms with Crippen molar-refractivity contribution in [1.82, 2.24) is 23.1 Å². The fraction of sp³-hybridized carbons (Fsp3) is 0.156. The molecule has 94 heavy (non-hydrogen) atoms. The Labute approximate surface area is 539 Å². The van der Waals surface area contributed by atoms with Gasteiger partial charge in [0.2, 0.25) is 0 Å². The van der Waals surface area contributed by atoms with Gasteiger partial charge in [-0.2, -0.15) is 58.5 Å². The Morgan fingerprint density at radius 3 is 1.38 bits per heavy atom. The molecule has 0 bridgehead atoms. The third-order valence-corrected chi connectivity index (χ3v) is 22.8. The minimum Gasteiger partial charge on any atom is -0.378 e. The van der Waals surface area contributed by atoms with Crippen molar-refractivity contribution >= 4 is 131 Å². The molecule has 4 heterocycles. The molecule has 0 spiro atoms. The molecule has 12 rings (SSSR count). The van der Waals surface area contributed by atoms with E-state index in [-0.39, 0.29) is 48.5 Å². The van der Waals surface area contributed by atoms with Gasteiger partial charge in [0, 0.05) is 27.7 Å². The third-order valence-electron chi connectivity index (χ3n) is 16.1. The second kappa shape index (κ2) is 24.7. The predicted octanol–water partition coefficient (Wildman–Crippen LogP) is 10.4. The molecule has 0 amide bonds. The smallest absolute Gasteiger partial charge is 0.378 e. The van der Waals surface area contributed by atoms with E-state index in [4.69, 9.17) is 9.97 Å². The topological polar surface area (TPSA) is 207 Å². The van der Waals surface area contributed by atoms with Crippen LogP contribution in [-0.4, -0.2) is 79.8 Å². The first-order valence-corrected chi connectivity index (χ1v) is 34.5. The summed E-state index contributed by atoms with van der Waals surface area (Å²) in [5.74, 6) is -9.55. The summed E-state index contributed by atoms with van der Waals surface area (Å²) in [6.07, 6.45) is 3.37. The van der Waals surface area contributed by atoms with Crippen molar-refractivity contribution in [1.29, 1.82) is 10.5 Å². The Kier molecular flexibility index (Phi) is 17.1. The van der Waals surface area contributed by atoms with Crippen LogP contribution >= 0.6 is 22.7 Å². The number of nitriles is 2. The molecule has 14 nitrogen and oxygen atoms in total. The van der Waals surface area contributed by atoms with Crippen LogP contribution in [0.15, 0.2) is 194 Å². The van der Waals surface area contributed by atoms with E-state index in [2.05, 4.69) is 20.8 Å². The highest BCUT2D eigenvalue weighted by Crippen LogP contribution is 2.52. The van der Waals surface area contributed by atoms with Gasteiger partial charge in [-0.15, -0.1) is 22.7 Å². The van der Waals surface area contributed by atoms with Crippen molar-refractivity contribution < 1.29 is 69.0 Å². The molecule has 476 valence electrons. The van der Waals surface area contributed by atoms with E-state index < -0.39 is 81.6 Å². The molecule has 11 aromatic rings. The number of sulfonamides is 2. The van der Waals surface area contributed by atoms with Crippen molar-refractivity contribution in [3.63, 3.8) is 0 Å². The van der Waals surface area contributed by atoms with Crippen LogP contribution in [0, 0.1) is 22.7 Å². The maximum Gasteiger partial charge on any atom is 0.512 e. The molecule has 1 N–H and O–H groups in total. The Morgan fingerprint density at radius 1 is 0.521 bits per heavy atom. The molecule has 30 heteroatoms. The lowest BCUT2D eigenvalue weighted by Crippen LogP contribution is -2.64. The average Bonchev–Trinajstić information content (AvgIpc) is 1.48. The fourth-order valence-electron chi connectivity index (χ4n) is 12.0. The molecular weight excluding hydrogens is 1330 g/mol. The van der Waals surface area contributed by atoms with Crippen LogP contribution in [0.3, 0.4) is 0 Å². The van der Waals surface area contributed by atoms with Gasteiger partial charge in [0.25, 0.3) is 10.0 Å². The van der Waals surface area contributed by atoms with Crippen molar-refractivity contribution in [2.45, 2.75) is 60.0 Å². The Bertz CT molecular complexity index is 5100. The quantitative estimate of drug-likeness (QED) is 0.0486. The van der Waals surface area contributed by atoms with Crippen LogP contribution in [0.25, 0.3) is 53.6 Å². The molecule has 1 aliphatic rings. The second-order valence-electron chi connectivity index (χ2n) is 21.9. The molecule has 1 saturated carbocycles. The summed E-state index contributed by atoms with van der Waals surface area (Å²) in [5, 5.41) is 10.6. The minimum atomic E-state index is -8.13. The van der Waals surface area contributed by atoms with Gasteiger partial charge in [-0.05, 0) is 55.2 Å². The van der Waals surface area contributed by atoms with E-state index in [1.807, 2.05) is 72.8 Å². The molecule has 1 fully saturated rings. The maximum absolute atomic E-state index is 16.2. The van der Waals surface area contributed by atoms with Crippen molar-refractivity contribution in [2.24, 2.45) is 0 Å².